The zero-order chi connectivity index (χ0) is 13.9. The molecule has 2 nitrogen and oxygen atoms in total. The summed E-state index contributed by atoms with van der Waals surface area (Å²) in [5, 5.41) is 0. The maximum atomic E-state index is 5.84. The van der Waals surface area contributed by atoms with E-state index in [9.17, 15) is 0 Å². The number of rotatable bonds is 4. The van der Waals surface area contributed by atoms with Crippen LogP contribution >= 0.6 is 22.6 Å². The third-order valence-electron chi connectivity index (χ3n) is 4.25. The molecule has 0 aliphatic heterocycles. The van der Waals surface area contributed by atoms with Crippen LogP contribution in [-0.4, -0.2) is 6.04 Å². The second-order valence-corrected chi connectivity index (χ2v) is 6.69. The van der Waals surface area contributed by atoms with Crippen LogP contribution in [0, 0.1) is 3.57 Å². The lowest BCUT2D eigenvalue weighted by atomic mass is 9.89. The molecule has 104 valence electrons. The maximum Gasteiger partial charge on any atom is 0.0319 e. The van der Waals surface area contributed by atoms with Gasteiger partial charge in [0, 0.05) is 15.5 Å². The Balaban J connectivity index is 1.79. The van der Waals surface area contributed by atoms with Gasteiger partial charge in [0.2, 0.25) is 0 Å². The fourth-order valence-electron chi connectivity index (χ4n) is 3.20. The third kappa shape index (κ3) is 2.90. The van der Waals surface area contributed by atoms with Crippen LogP contribution in [-0.2, 0) is 12.8 Å². The molecular formula is C17H19IN2. The van der Waals surface area contributed by atoms with E-state index in [1.54, 1.807) is 0 Å². The number of hydrogen-bond acceptors (Lipinski definition) is 2. The molecule has 0 radical (unpaired) electrons. The highest BCUT2D eigenvalue weighted by atomic mass is 127. The molecule has 0 saturated carbocycles. The van der Waals surface area contributed by atoms with Crippen LogP contribution < -0.4 is 11.3 Å². The molecule has 3 heteroatoms. The normalized spacial score (nSPS) is 18.8. The lowest BCUT2D eigenvalue weighted by Gasteiger charge is -2.24. The lowest BCUT2D eigenvalue weighted by Crippen LogP contribution is -2.40. The Kier molecular flexibility index (Phi) is 4.38. The zero-order valence-corrected chi connectivity index (χ0v) is 13.5. The predicted octanol–water partition coefficient (Wildman–Crippen LogP) is 3.40. The standard InChI is InChI=1S/C17H19IN2/c18-14-8-5-12(6-9-14)11-17(20-19)16-10-7-13-3-1-2-4-15(13)16/h1-6,8-9,16-17,20H,7,10-11,19H2. The highest BCUT2D eigenvalue weighted by Gasteiger charge is 2.28. The summed E-state index contributed by atoms with van der Waals surface area (Å²) < 4.78 is 1.27. The van der Waals surface area contributed by atoms with E-state index in [1.807, 2.05) is 0 Å². The van der Waals surface area contributed by atoms with Gasteiger partial charge >= 0.3 is 0 Å². The Morgan fingerprint density at radius 2 is 1.90 bits per heavy atom. The number of aryl methyl sites for hydroxylation is 1. The molecule has 0 heterocycles. The molecule has 0 amide bonds. The Labute approximate surface area is 133 Å². The van der Waals surface area contributed by atoms with Crippen molar-refractivity contribution in [2.45, 2.75) is 31.2 Å². The van der Waals surface area contributed by atoms with Gasteiger partial charge < -0.3 is 0 Å². The summed E-state index contributed by atoms with van der Waals surface area (Å²) in [4.78, 5) is 0. The summed E-state index contributed by atoms with van der Waals surface area (Å²) in [5.41, 5.74) is 7.35. The molecule has 20 heavy (non-hydrogen) atoms. The Morgan fingerprint density at radius 1 is 1.15 bits per heavy atom. The molecule has 0 aromatic heterocycles. The van der Waals surface area contributed by atoms with Crippen LogP contribution in [0.1, 0.15) is 29.0 Å². The van der Waals surface area contributed by atoms with Crippen LogP contribution in [0.15, 0.2) is 48.5 Å². The summed E-state index contributed by atoms with van der Waals surface area (Å²) in [6.45, 7) is 0. The molecule has 2 aromatic rings. The van der Waals surface area contributed by atoms with Crippen molar-refractivity contribution in [2.75, 3.05) is 0 Å². The van der Waals surface area contributed by atoms with Gasteiger partial charge in [-0.3, -0.25) is 11.3 Å². The number of nitrogens with one attached hydrogen (secondary N) is 1. The first-order chi connectivity index (χ1) is 9.78. The Morgan fingerprint density at radius 3 is 2.65 bits per heavy atom. The minimum Gasteiger partial charge on any atom is -0.271 e. The van der Waals surface area contributed by atoms with E-state index >= 15 is 0 Å². The average Bonchev–Trinajstić information content (AvgIpc) is 2.91. The maximum absolute atomic E-state index is 5.84. The number of fused-ring (bicyclic) bond motifs is 1. The zero-order valence-electron chi connectivity index (χ0n) is 11.4. The monoisotopic (exact) mass is 378 g/mol. The van der Waals surface area contributed by atoms with Crippen molar-refractivity contribution in [1.82, 2.24) is 5.43 Å². The molecule has 1 aliphatic carbocycles. The van der Waals surface area contributed by atoms with E-state index in [0.717, 1.165) is 6.42 Å². The van der Waals surface area contributed by atoms with E-state index in [-0.39, 0.29) is 0 Å². The predicted molar refractivity (Wildman–Crippen MR) is 91.5 cm³/mol. The fourth-order valence-corrected chi connectivity index (χ4v) is 3.56. The Bertz CT molecular complexity index is 580. The third-order valence-corrected chi connectivity index (χ3v) is 4.97. The van der Waals surface area contributed by atoms with E-state index < -0.39 is 0 Å². The van der Waals surface area contributed by atoms with Gasteiger partial charge in [0.05, 0.1) is 0 Å². The molecular weight excluding hydrogens is 359 g/mol. The van der Waals surface area contributed by atoms with Crippen LogP contribution in [0.25, 0.3) is 0 Å². The number of benzene rings is 2. The molecule has 2 atom stereocenters. The van der Waals surface area contributed by atoms with Gasteiger partial charge in [-0.25, -0.2) is 0 Å². The van der Waals surface area contributed by atoms with Crippen molar-refractivity contribution in [3.63, 3.8) is 0 Å². The molecule has 0 fully saturated rings. The minimum absolute atomic E-state index is 0.304. The highest BCUT2D eigenvalue weighted by Crippen LogP contribution is 2.36. The first-order valence-electron chi connectivity index (χ1n) is 7.06. The topological polar surface area (TPSA) is 38.0 Å². The van der Waals surface area contributed by atoms with Crippen molar-refractivity contribution < 1.29 is 0 Å². The summed E-state index contributed by atoms with van der Waals surface area (Å²) >= 11 is 2.34. The van der Waals surface area contributed by atoms with Crippen molar-refractivity contribution in [1.29, 1.82) is 0 Å². The molecule has 2 aromatic carbocycles. The van der Waals surface area contributed by atoms with Gasteiger partial charge in [0.25, 0.3) is 0 Å². The summed E-state index contributed by atoms with van der Waals surface area (Å²) in [6.07, 6.45) is 3.34. The van der Waals surface area contributed by atoms with Crippen LogP contribution in [0.2, 0.25) is 0 Å². The number of halogens is 1. The highest BCUT2D eigenvalue weighted by molar-refractivity contribution is 14.1. The van der Waals surface area contributed by atoms with E-state index in [1.165, 1.54) is 33.1 Å². The summed E-state index contributed by atoms with van der Waals surface area (Å²) in [6, 6.07) is 17.8. The second kappa shape index (κ2) is 6.24. The SMILES string of the molecule is NNC(Cc1ccc(I)cc1)C1CCc2ccccc21. The number of hydrazine groups is 1. The van der Waals surface area contributed by atoms with Crippen molar-refractivity contribution in [3.05, 3.63) is 68.8 Å². The molecule has 2 unspecified atom stereocenters. The van der Waals surface area contributed by atoms with Crippen LogP contribution in [0.5, 0.6) is 0 Å². The fraction of sp³-hybridized carbons (Fsp3) is 0.294. The van der Waals surface area contributed by atoms with E-state index in [0.29, 0.717) is 12.0 Å². The quantitative estimate of drug-likeness (QED) is 0.486. The van der Waals surface area contributed by atoms with Crippen LogP contribution in [0.4, 0.5) is 0 Å². The van der Waals surface area contributed by atoms with Gasteiger partial charge in [0.1, 0.15) is 0 Å². The molecule has 0 bridgehead atoms. The average molecular weight is 378 g/mol. The second-order valence-electron chi connectivity index (χ2n) is 5.45. The summed E-state index contributed by atoms with van der Waals surface area (Å²) in [5.74, 6) is 6.36. The van der Waals surface area contributed by atoms with Crippen molar-refractivity contribution in [2.24, 2.45) is 5.84 Å². The van der Waals surface area contributed by atoms with Gasteiger partial charge in [-0.05, 0) is 70.7 Å². The van der Waals surface area contributed by atoms with E-state index in [2.05, 4.69) is 76.5 Å². The van der Waals surface area contributed by atoms with Crippen molar-refractivity contribution >= 4 is 22.6 Å². The van der Waals surface area contributed by atoms with E-state index in [4.69, 9.17) is 5.84 Å². The lowest BCUT2D eigenvalue weighted by molar-refractivity contribution is 0.434. The van der Waals surface area contributed by atoms with Gasteiger partial charge in [0.15, 0.2) is 0 Å². The van der Waals surface area contributed by atoms with Gasteiger partial charge in [-0.2, -0.15) is 0 Å². The summed E-state index contributed by atoms with van der Waals surface area (Å²) in [7, 11) is 0. The number of hydrogen-bond donors (Lipinski definition) is 2. The molecule has 0 spiro atoms. The largest absolute Gasteiger partial charge is 0.271 e. The van der Waals surface area contributed by atoms with Gasteiger partial charge in [-0.15, -0.1) is 0 Å². The Hall–Kier alpha value is -0.910. The minimum atomic E-state index is 0.304. The number of nitrogens with two attached hydrogens (primary N) is 1. The molecule has 3 rings (SSSR count). The van der Waals surface area contributed by atoms with Crippen LogP contribution in [0.3, 0.4) is 0 Å². The van der Waals surface area contributed by atoms with Crippen molar-refractivity contribution in [3.8, 4) is 0 Å². The molecule has 0 saturated heterocycles. The molecule has 1 aliphatic rings. The van der Waals surface area contributed by atoms with Gasteiger partial charge in [-0.1, -0.05) is 36.4 Å². The first-order valence-corrected chi connectivity index (χ1v) is 8.14. The smallest absolute Gasteiger partial charge is 0.0319 e. The first kappa shape index (κ1) is 14.0. The molecule has 3 N–H and O–H groups in total.